The second-order valence-electron chi connectivity index (χ2n) is 4.79. The summed E-state index contributed by atoms with van der Waals surface area (Å²) in [6, 6.07) is 1.78. The summed E-state index contributed by atoms with van der Waals surface area (Å²) in [6.07, 6.45) is 4.75. The Balaban J connectivity index is 1.84. The lowest BCUT2D eigenvalue weighted by molar-refractivity contribution is -0.131. The maximum atomic E-state index is 12.0. The fraction of sp³-hybridized carbons (Fsp3) is 0.615. The van der Waals surface area contributed by atoms with E-state index >= 15 is 0 Å². The Labute approximate surface area is 113 Å². The highest BCUT2D eigenvalue weighted by Crippen LogP contribution is 2.11. The highest BCUT2D eigenvalue weighted by atomic mass is 16.2. The largest absolute Gasteiger partial charge is 0.339 e. The van der Waals surface area contributed by atoms with Crippen molar-refractivity contribution < 1.29 is 4.79 Å². The number of rotatable bonds is 4. The second-order valence-corrected chi connectivity index (χ2v) is 4.79. The maximum Gasteiger partial charge on any atom is 0.225 e. The van der Waals surface area contributed by atoms with Gasteiger partial charge in [0.15, 0.2) is 0 Å². The summed E-state index contributed by atoms with van der Waals surface area (Å²) < 4.78 is 0. The van der Waals surface area contributed by atoms with Gasteiger partial charge < -0.3 is 15.5 Å². The van der Waals surface area contributed by atoms with Gasteiger partial charge in [-0.15, -0.1) is 0 Å². The lowest BCUT2D eigenvalue weighted by atomic mass is 10.1. The predicted molar refractivity (Wildman–Crippen MR) is 73.7 cm³/mol. The molecule has 104 valence electrons. The van der Waals surface area contributed by atoms with Gasteiger partial charge in [-0.05, 0) is 12.5 Å². The van der Waals surface area contributed by atoms with Crippen molar-refractivity contribution in [2.45, 2.75) is 25.8 Å². The fourth-order valence-electron chi connectivity index (χ4n) is 2.11. The van der Waals surface area contributed by atoms with Gasteiger partial charge in [-0.1, -0.05) is 6.92 Å². The molecule has 2 N–H and O–H groups in total. The third kappa shape index (κ3) is 3.64. The van der Waals surface area contributed by atoms with Crippen LogP contribution in [0.4, 0.5) is 5.95 Å². The van der Waals surface area contributed by atoms with Crippen LogP contribution in [0.25, 0.3) is 0 Å². The lowest BCUT2D eigenvalue weighted by Crippen LogP contribution is -2.50. The summed E-state index contributed by atoms with van der Waals surface area (Å²) in [5, 5.41) is 0. The first-order chi connectivity index (χ1) is 9.20. The predicted octanol–water partition coefficient (Wildman–Crippen LogP) is 0.253. The van der Waals surface area contributed by atoms with Crippen LogP contribution in [0.2, 0.25) is 0 Å². The van der Waals surface area contributed by atoms with Crippen LogP contribution in [0.5, 0.6) is 0 Å². The SMILES string of the molecule is CCC(N)CC(=O)N1CCN(c2ncccn2)CC1. The van der Waals surface area contributed by atoms with Gasteiger partial charge in [0.05, 0.1) is 0 Å². The number of hydrogen-bond acceptors (Lipinski definition) is 5. The third-order valence-electron chi connectivity index (χ3n) is 3.43. The van der Waals surface area contributed by atoms with Crippen molar-refractivity contribution >= 4 is 11.9 Å². The van der Waals surface area contributed by atoms with Gasteiger partial charge in [-0.25, -0.2) is 9.97 Å². The fourth-order valence-corrected chi connectivity index (χ4v) is 2.11. The molecule has 1 atom stereocenters. The molecule has 6 nitrogen and oxygen atoms in total. The summed E-state index contributed by atoms with van der Waals surface area (Å²) in [4.78, 5) is 24.4. The van der Waals surface area contributed by atoms with Crippen molar-refractivity contribution in [2.75, 3.05) is 31.1 Å². The second kappa shape index (κ2) is 6.47. The molecule has 19 heavy (non-hydrogen) atoms. The summed E-state index contributed by atoms with van der Waals surface area (Å²) in [5.74, 6) is 0.892. The van der Waals surface area contributed by atoms with Gasteiger partial charge in [0.25, 0.3) is 0 Å². The number of carbonyl (C=O) groups excluding carboxylic acids is 1. The first-order valence-electron chi connectivity index (χ1n) is 6.76. The van der Waals surface area contributed by atoms with Crippen LogP contribution in [-0.4, -0.2) is 53.0 Å². The first-order valence-corrected chi connectivity index (χ1v) is 6.76. The Morgan fingerprint density at radius 1 is 1.32 bits per heavy atom. The number of nitrogens with two attached hydrogens (primary N) is 1. The lowest BCUT2D eigenvalue weighted by Gasteiger charge is -2.35. The minimum Gasteiger partial charge on any atom is -0.339 e. The van der Waals surface area contributed by atoms with Crippen molar-refractivity contribution in [2.24, 2.45) is 5.73 Å². The van der Waals surface area contributed by atoms with Crippen LogP contribution >= 0.6 is 0 Å². The molecule has 1 saturated heterocycles. The number of anilines is 1. The smallest absolute Gasteiger partial charge is 0.225 e. The molecule has 1 fully saturated rings. The molecule has 1 amide bonds. The average molecular weight is 263 g/mol. The molecule has 0 spiro atoms. The van der Waals surface area contributed by atoms with Gasteiger partial charge >= 0.3 is 0 Å². The summed E-state index contributed by atoms with van der Waals surface area (Å²) in [7, 11) is 0. The zero-order valence-corrected chi connectivity index (χ0v) is 11.3. The van der Waals surface area contributed by atoms with Crippen LogP contribution in [0.1, 0.15) is 19.8 Å². The topological polar surface area (TPSA) is 75.4 Å². The minimum atomic E-state index is -0.0250. The molecule has 0 radical (unpaired) electrons. The van der Waals surface area contributed by atoms with E-state index < -0.39 is 0 Å². The van der Waals surface area contributed by atoms with E-state index in [-0.39, 0.29) is 11.9 Å². The molecule has 1 aliphatic heterocycles. The monoisotopic (exact) mass is 263 g/mol. The van der Waals surface area contributed by atoms with E-state index in [9.17, 15) is 4.79 Å². The molecular weight excluding hydrogens is 242 g/mol. The Hall–Kier alpha value is -1.69. The molecule has 2 rings (SSSR count). The molecule has 0 saturated carbocycles. The number of piperazine rings is 1. The number of nitrogens with zero attached hydrogens (tertiary/aromatic N) is 4. The Kier molecular flexibility index (Phi) is 4.68. The van der Waals surface area contributed by atoms with Gasteiger partial charge in [0.2, 0.25) is 11.9 Å². The average Bonchev–Trinajstić information content (AvgIpc) is 2.48. The van der Waals surface area contributed by atoms with Gasteiger partial charge in [-0.3, -0.25) is 4.79 Å². The van der Waals surface area contributed by atoms with Crippen LogP contribution in [0.3, 0.4) is 0 Å². The third-order valence-corrected chi connectivity index (χ3v) is 3.43. The summed E-state index contributed by atoms with van der Waals surface area (Å²) in [5.41, 5.74) is 5.82. The first kappa shape index (κ1) is 13.7. The molecule has 1 unspecified atom stereocenters. The summed E-state index contributed by atoms with van der Waals surface area (Å²) in [6.45, 7) is 4.98. The number of hydrogen-bond donors (Lipinski definition) is 1. The Morgan fingerprint density at radius 3 is 2.53 bits per heavy atom. The molecule has 1 aromatic heterocycles. The van der Waals surface area contributed by atoms with Crippen molar-refractivity contribution in [3.8, 4) is 0 Å². The van der Waals surface area contributed by atoms with Crippen molar-refractivity contribution in [3.63, 3.8) is 0 Å². The number of carbonyl (C=O) groups is 1. The summed E-state index contributed by atoms with van der Waals surface area (Å²) >= 11 is 0. The zero-order valence-electron chi connectivity index (χ0n) is 11.3. The van der Waals surface area contributed by atoms with E-state index in [0.29, 0.717) is 19.5 Å². The van der Waals surface area contributed by atoms with E-state index in [4.69, 9.17) is 5.73 Å². The zero-order chi connectivity index (χ0) is 13.7. The van der Waals surface area contributed by atoms with Gasteiger partial charge in [0, 0.05) is 51.0 Å². The molecule has 1 aromatic rings. The Bertz CT molecular complexity index is 403. The Morgan fingerprint density at radius 2 is 1.95 bits per heavy atom. The molecule has 0 bridgehead atoms. The van der Waals surface area contributed by atoms with Crippen LogP contribution in [0, 0.1) is 0 Å². The standard InChI is InChI=1S/C13H21N5O/c1-2-11(14)10-12(19)17-6-8-18(9-7-17)13-15-4-3-5-16-13/h3-5,11H,2,6-10,14H2,1H3. The van der Waals surface area contributed by atoms with E-state index in [1.807, 2.05) is 11.8 Å². The van der Waals surface area contributed by atoms with Crippen LogP contribution in [0.15, 0.2) is 18.5 Å². The highest BCUT2D eigenvalue weighted by Gasteiger charge is 2.23. The quantitative estimate of drug-likeness (QED) is 0.843. The van der Waals surface area contributed by atoms with E-state index in [1.54, 1.807) is 18.5 Å². The van der Waals surface area contributed by atoms with E-state index in [2.05, 4.69) is 14.9 Å². The van der Waals surface area contributed by atoms with Crippen LogP contribution in [-0.2, 0) is 4.79 Å². The minimum absolute atomic E-state index is 0.0250. The van der Waals surface area contributed by atoms with Crippen molar-refractivity contribution in [3.05, 3.63) is 18.5 Å². The molecular formula is C13H21N5O. The van der Waals surface area contributed by atoms with Crippen LogP contribution < -0.4 is 10.6 Å². The maximum absolute atomic E-state index is 12.0. The molecule has 0 aromatic carbocycles. The van der Waals surface area contributed by atoms with E-state index in [0.717, 1.165) is 25.5 Å². The van der Waals surface area contributed by atoms with Crippen molar-refractivity contribution in [1.29, 1.82) is 0 Å². The molecule has 6 heteroatoms. The van der Waals surface area contributed by atoms with Gasteiger partial charge in [-0.2, -0.15) is 0 Å². The molecule has 1 aliphatic rings. The van der Waals surface area contributed by atoms with Gasteiger partial charge in [0.1, 0.15) is 0 Å². The normalized spacial score (nSPS) is 17.4. The number of aromatic nitrogens is 2. The molecule has 0 aliphatic carbocycles. The number of amides is 1. The van der Waals surface area contributed by atoms with E-state index in [1.165, 1.54) is 0 Å². The highest BCUT2D eigenvalue weighted by molar-refractivity contribution is 5.77. The van der Waals surface area contributed by atoms with Crippen molar-refractivity contribution in [1.82, 2.24) is 14.9 Å². The molecule has 2 heterocycles.